The number of hydrogen-bond acceptors (Lipinski definition) is 4. The fraction of sp³-hybridized carbons (Fsp3) is 0.524. The van der Waals surface area contributed by atoms with Crippen LogP contribution in [0.4, 0.5) is 17.6 Å². The van der Waals surface area contributed by atoms with Crippen LogP contribution in [0, 0.1) is 17.2 Å². The predicted molar refractivity (Wildman–Crippen MR) is 99.5 cm³/mol. The third-order valence-corrected chi connectivity index (χ3v) is 7.19. The molecule has 4 fully saturated rings. The first-order valence-electron chi connectivity index (χ1n) is 10.3. The Morgan fingerprint density at radius 1 is 1.19 bits per heavy atom. The van der Waals surface area contributed by atoms with Crippen LogP contribution in [0.5, 0.6) is 0 Å². The molecule has 5 aliphatic rings. The summed E-state index contributed by atoms with van der Waals surface area (Å²) < 4.78 is 56.0. The van der Waals surface area contributed by atoms with Gasteiger partial charge in [-0.25, -0.2) is 4.39 Å². The van der Waals surface area contributed by atoms with E-state index in [1.807, 2.05) is 5.32 Å². The van der Waals surface area contributed by atoms with E-state index in [4.69, 9.17) is 0 Å². The van der Waals surface area contributed by atoms with Gasteiger partial charge in [0.2, 0.25) is 11.8 Å². The van der Waals surface area contributed by atoms with Crippen molar-refractivity contribution >= 4 is 23.6 Å². The summed E-state index contributed by atoms with van der Waals surface area (Å²) in [6.45, 7) is -0.318. The van der Waals surface area contributed by atoms with Gasteiger partial charge in [-0.3, -0.25) is 24.5 Å². The van der Waals surface area contributed by atoms with Crippen molar-refractivity contribution in [2.24, 2.45) is 11.3 Å². The Bertz CT molecular complexity index is 1050. The summed E-state index contributed by atoms with van der Waals surface area (Å²) in [5, 5.41) is 4.11. The lowest BCUT2D eigenvalue weighted by atomic mass is 9.41. The Morgan fingerprint density at radius 2 is 1.88 bits per heavy atom. The number of piperidine rings is 1. The topological polar surface area (TPSA) is 95.6 Å². The van der Waals surface area contributed by atoms with Crippen molar-refractivity contribution in [3.63, 3.8) is 0 Å². The molecule has 2 aliphatic heterocycles. The van der Waals surface area contributed by atoms with Crippen molar-refractivity contribution in [2.75, 3.05) is 0 Å². The quantitative estimate of drug-likeness (QED) is 0.539. The Hall–Kier alpha value is -2.98. The number of nitrogens with zero attached hydrogens (tertiary/aromatic N) is 1. The van der Waals surface area contributed by atoms with Crippen LogP contribution in [0.1, 0.15) is 58.4 Å². The maximum absolute atomic E-state index is 15.2. The molecule has 170 valence electrons. The zero-order valence-electron chi connectivity index (χ0n) is 16.7. The Morgan fingerprint density at radius 3 is 2.44 bits per heavy atom. The lowest BCUT2D eigenvalue weighted by molar-refractivity contribution is -0.243. The number of hydrogen-bond donors (Lipinski definition) is 2. The van der Waals surface area contributed by atoms with E-state index < -0.39 is 58.7 Å². The van der Waals surface area contributed by atoms with Gasteiger partial charge in [0.1, 0.15) is 17.9 Å². The number of imide groups is 1. The molecular formula is C21H19F4N3O4. The van der Waals surface area contributed by atoms with Gasteiger partial charge in [-0.1, -0.05) is 0 Å². The van der Waals surface area contributed by atoms with Gasteiger partial charge in [0.15, 0.2) is 0 Å². The minimum atomic E-state index is -4.66. The third kappa shape index (κ3) is 3.01. The van der Waals surface area contributed by atoms with E-state index in [1.165, 1.54) is 6.07 Å². The van der Waals surface area contributed by atoms with Gasteiger partial charge in [-0.05, 0) is 43.7 Å². The average molecular weight is 453 g/mol. The molecule has 2 atom stereocenters. The summed E-state index contributed by atoms with van der Waals surface area (Å²) in [6, 6.07) is -0.847. The van der Waals surface area contributed by atoms with Crippen molar-refractivity contribution < 1.29 is 36.7 Å². The first-order valence-corrected chi connectivity index (χ1v) is 10.3. The van der Waals surface area contributed by atoms with Crippen LogP contribution in [0.2, 0.25) is 0 Å². The van der Waals surface area contributed by atoms with Gasteiger partial charge < -0.3 is 10.2 Å². The number of alkyl halides is 3. The maximum Gasteiger partial charge on any atom is 0.409 e. The molecule has 0 aromatic heterocycles. The molecule has 2 heterocycles. The number of carbonyl (C=O) groups excluding carboxylic acids is 4. The zero-order chi connectivity index (χ0) is 23.0. The number of carbonyl (C=O) groups is 4. The second-order valence-electron chi connectivity index (χ2n) is 9.14. The minimum Gasteiger partial charge on any atom is -0.340 e. The summed E-state index contributed by atoms with van der Waals surface area (Å²) in [5.74, 6) is -3.79. The largest absolute Gasteiger partial charge is 0.409 e. The Kier molecular flexibility index (Phi) is 4.41. The van der Waals surface area contributed by atoms with E-state index in [-0.39, 0.29) is 36.4 Å². The number of halogens is 4. The van der Waals surface area contributed by atoms with Crippen molar-refractivity contribution in [1.82, 2.24) is 15.5 Å². The molecule has 1 saturated heterocycles. The van der Waals surface area contributed by atoms with Crippen molar-refractivity contribution in [3.05, 3.63) is 34.6 Å². The number of benzene rings is 1. The number of fused-ring (bicyclic) bond motifs is 1. The first-order chi connectivity index (χ1) is 15.0. The average Bonchev–Trinajstić information content (AvgIpc) is 2.96. The second kappa shape index (κ2) is 6.76. The fourth-order valence-corrected chi connectivity index (χ4v) is 5.47. The van der Waals surface area contributed by atoms with E-state index in [1.54, 1.807) is 0 Å². The van der Waals surface area contributed by atoms with Gasteiger partial charge in [0, 0.05) is 23.0 Å². The van der Waals surface area contributed by atoms with E-state index >= 15 is 4.39 Å². The molecule has 0 spiro atoms. The maximum atomic E-state index is 15.2. The second-order valence-corrected chi connectivity index (χ2v) is 9.14. The SMILES string of the molecule is O=C1CCC(N2Cc3c(ccc(C(=O)NC(C(F)(F)F)C45CC(C4)C5)c3F)C2=O)C(=O)N1. The van der Waals surface area contributed by atoms with Gasteiger partial charge in [0.25, 0.3) is 11.8 Å². The van der Waals surface area contributed by atoms with Gasteiger partial charge >= 0.3 is 6.18 Å². The molecule has 4 amide bonds. The van der Waals surface area contributed by atoms with Gasteiger partial charge in [-0.15, -0.1) is 0 Å². The highest BCUT2D eigenvalue weighted by atomic mass is 19.4. The molecule has 3 saturated carbocycles. The number of amides is 4. The minimum absolute atomic E-state index is 0.0219. The molecule has 2 unspecified atom stereocenters. The standard InChI is InChI=1S/C21H19F4N3O4/c22-15-11(16(30)27-19(21(23,24)25)20-5-9(6-20)7-20)2-1-10-12(15)8-28(18(10)32)13-3-4-14(29)26-17(13)31/h1-2,9,13,19H,3-8H2,(H,27,30)(H,26,29,31). The van der Waals surface area contributed by atoms with Crippen LogP contribution in [0.25, 0.3) is 0 Å². The monoisotopic (exact) mass is 453 g/mol. The van der Waals surface area contributed by atoms with E-state index in [0.717, 1.165) is 11.0 Å². The van der Waals surface area contributed by atoms with Crippen molar-refractivity contribution in [1.29, 1.82) is 0 Å². The van der Waals surface area contributed by atoms with Crippen LogP contribution in [-0.4, -0.2) is 46.8 Å². The normalized spacial score (nSPS) is 29.6. The van der Waals surface area contributed by atoms with E-state index in [2.05, 4.69) is 5.32 Å². The summed E-state index contributed by atoms with van der Waals surface area (Å²) in [5.41, 5.74) is -1.80. The molecule has 32 heavy (non-hydrogen) atoms. The highest BCUT2D eigenvalue weighted by Crippen LogP contribution is 2.68. The van der Waals surface area contributed by atoms with E-state index in [0.29, 0.717) is 19.3 Å². The molecule has 1 aromatic carbocycles. The van der Waals surface area contributed by atoms with Crippen LogP contribution in [-0.2, 0) is 16.1 Å². The van der Waals surface area contributed by atoms with Crippen molar-refractivity contribution in [2.45, 2.75) is 56.9 Å². The van der Waals surface area contributed by atoms with Crippen LogP contribution in [0.15, 0.2) is 12.1 Å². The predicted octanol–water partition coefficient (Wildman–Crippen LogP) is 2.05. The summed E-state index contributed by atoms with van der Waals surface area (Å²) in [7, 11) is 0. The lowest BCUT2D eigenvalue weighted by Crippen LogP contribution is -2.68. The smallest absolute Gasteiger partial charge is 0.340 e. The fourth-order valence-electron chi connectivity index (χ4n) is 5.47. The molecular weight excluding hydrogens is 434 g/mol. The molecule has 6 rings (SSSR count). The summed E-state index contributed by atoms with van der Waals surface area (Å²) in [6.07, 6.45) is -3.39. The van der Waals surface area contributed by atoms with Gasteiger partial charge in [-0.2, -0.15) is 13.2 Å². The molecule has 0 radical (unpaired) electrons. The third-order valence-electron chi connectivity index (χ3n) is 7.19. The lowest BCUT2D eigenvalue weighted by Gasteiger charge is -2.65. The molecule has 7 nitrogen and oxygen atoms in total. The molecule has 2 N–H and O–H groups in total. The number of nitrogens with one attached hydrogen (secondary N) is 2. The van der Waals surface area contributed by atoms with Crippen LogP contribution < -0.4 is 10.6 Å². The Labute approximate surface area is 179 Å². The molecule has 1 aromatic rings. The molecule has 3 aliphatic carbocycles. The highest BCUT2D eigenvalue weighted by Gasteiger charge is 2.67. The molecule has 11 heteroatoms. The first kappa shape index (κ1) is 20.9. The van der Waals surface area contributed by atoms with Crippen molar-refractivity contribution in [3.8, 4) is 0 Å². The van der Waals surface area contributed by atoms with Gasteiger partial charge in [0.05, 0.1) is 12.1 Å². The Balaban J connectivity index is 1.38. The highest BCUT2D eigenvalue weighted by molar-refractivity contribution is 6.06. The van der Waals surface area contributed by atoms with Crippen LogP contribution >= 0.6 is 0 Å². The molecule has 2 bridgehead atoms. The number of rotatable bonds is 4. The summed E-state index contributed by atoms with van der Waals surface area (Å²) >= 11 is 0. The zero-order valence-corrected chi connectivity index (χ0v) is 16.7. The summed E-state index contributed by atoms with van der Waals surface area (Å²) in [4.78, 5) is 49.9. The van der Waals surface area contributed by atoms with E-state index in [9.17, 15) is 32.3 Å². The van der Waals surface area contributed by atoms with Crippen LogP contribution in [0.3, 0.4) is 0 Å².